The first-order valence-electron chi connectivity index (χ1n) is 14.7. The number of halogens is 4. The van der Waals surface area contributed by atoms with Crippen molar-refractivity contribution in [2.24, 2.45) is 0 Å². The third-order valence-electron chi connectivity index (χ3n) is 7.85. The van der Waals surface area contributed by atoms with Gasteiger partial charge in [-0.1, -0.05) is 84.9 Å². The van der Waals surface area contributed by atoms with Crippen LogP contribution < -0.4 is 10.1 Å². The van der Waals surface area contributed by atoms with Crippen LogP contribution in [0.2, 0.25) is 0 Å². The molecule has 0 fully saturated rings. The van der Waals surface area contributed by atoms with Crippen LogP contribution in [0.1, 0.15) is 57.1 Å². The zero-order chi connectivity index (χ0) is 32.0. The molecule has 9 heteroatoms. The highest BCUT2D eigenvalue weighted by molar-refractivity contribution is 5.98. The molecule has 0 aromatic heterocycles. The molecular weight excluding hydrogens is 586 g/mol. The first kappa shape index (κ1) is 31.9. The number of aliphatic hydroxyl groups is 2. The molecule has 0 spiro atoms. The zero-order valence-electron chi connectivity index (χ0n) is 24.3. The van der Waals surface area contributed by atoms with Crippen LogP contribution in [-0.4, -0.2) is 34.7 Å². The Morgan fingerprint density at radius 1 is 0.956 bits per heavy atom. The number of rotatable bonds is 11. The molecule has 1 amide bonds. The third-order valence-corrected chi connectivity index (χ3v) is 7.85. The Balaban J connectivity index is 1.45. The lowest BCUT2D eigenvalue weighted by Gasteiger charge is -2.26. The van der Waals surface area contributed by atoms with Gasteiger partial charge in [0.2, 0.25) is 0 Å². The normalized spacial score (nSPS) is 14.4. The second-order valence-corrected chi connectivity index (χ2v) is 11.0. The molecule has 2 unspecified atom stereocenters. The van der Waals surface area contributed by atoms with Gasteiger partial charge in [-0.05, 0) is 82.8 Å². The summed E-state index contributed by atoms with van der Waals surface area (Å²) in [5.41, 5.74) is 5.53. The number of aryl methyl sites for hydroxylation is 1. The predicted molar refractivity (Wildman–Crippen MR) is 164 cm³/mol. The van der Waals surface area contributed by atoms with Crippen molar-refractivity contribution in [3.05, 3.63) is 130 Å². The maximum Gasteiger partial charge on any atom is 0.461 e. The minimum Gasteiger partial charge on any atom is -0.428 e. The van der Waals surface area contributed by atoms with E-state index in [4.69, 9.17) is 0 Å². The SMILES string of the molecule is O=C(NC(Cc1cccc(OC(F)(F)C(F)F)c1)C(O)c1ccc(-c2ccccc2CO)cc1)c1cccc2c1C=CCCC2. The maximum absolute atomic E-state index is 13.7. The largest absolute Gasteiger partial charge is 0.461 e. The number of carbonyl (C=O) groups excluding carboxylic acids is 1. The van der Waals surface area contributed by atoms with E-state index < -0.39 is 36.3 Å². The number of hydrogen-bond donors (Lipinski definition) is 3. The summed E-state index contributed by atoms with van der Waals surface area (Å²) in [5.74, 6) is -0.893. The number of amides is 1. The topological polar surface area (TPSA) is 78.8 Å². The van der Waals surface area contributed by atoms with Crippen molar-refractivity contribution in [1.29, 1.82) is 0 Å². The molecule has 1 aliphatic rings. The van der Waals surface area contributed by atoms with E-state index in [0.717, 1.165) is 53.1 Å². The highest BCUT2D eigenvalue weighted by Crippen LogP contribution is 2.31. The van der Waals surface area contributed by atoms with Crippen molar-refractivity contribution in [2.45, 2.75) is 57.0 Å². The van der Waals surface area contributed by atoms with Crippen LogP contribution in [0, 0.1) is 0 Å². The third kappa shape index (κ3) is 7.61. The number of carbonyl (C=O) groups is 1. The quantitative estimate of drug-likeness (QED) is 0.152. The molecule has 1 aliphatic carbocycles. The van der Waals surface area contributed by atoms with E-state index in [9.17, 15) is 32.6 Å². The Labute approximate surface area is 258 Å². The Kier molecular flexibility index (Phi) is 10.0. The van der Waals surface area contributed by atoms with Crippen molar-refractivity contribution in [3.63, 3.8) is 0 Å². The molecule has 45 heavy (non-hydrogen) atoms. The van der Waals surface area contributed by atoms with Crippen molar-refractivity contribution >= 4 is 12.0 Å². The molecule has 4 aromatic rings. The predicted octanol–water partition coefficient (Wildman–Crippen LogP) is 7.51. The van der Waals surface area contributed by atoms with Crippen LogP contribution in [0.3, 0.4) is 0 Å². The van der Waals surface area contributed by atoms with Crippen LogP contribution >= 0.6 is 0 Å². The van der Waals surface area contributed by atoms with Gasteiger partial charge in [-0.15, -0.1) is 0 Å². The first-order valence-corrected chi connectivity index (χ1v) is 14.7. The Morgan fingerprint density at radius 2 is 1.71 bits per heavy atom. The average molecular weight is 620 g/mol. The second-order valence-electron chi connectivity index (χ2n) is 11.0. The molecule has 0 saturated heterocycles. The van der Waals surface area contributed by atoms with Crippen LogP contribution in [0.5, 0.6) is 5.75 Å². The smallest absolute Gasteiger partial charge is 0.428 e. The minimum atomic E-state index is -4.68. The van der Waals surface area contributed by atoms with Crippen LogP contribution in [0.4, 0.5) is 17.6 Å². The number of aliphatic hydroxyl groups excluding tert-OH is 2. The van der Waals surface area contributed by atoms with Gasteiger partial charge in [0.15, 0.2) is 0 Å². The van der Waals surface area contributed by atoms with Gasteiger partial charge in [0.05, 0.1) is 18.8 Å². The van der Waals surface area contributed by atoms with Gasteiger partial charge in [-0.3, -0.25) is 4.79 Å². The van der Waals surface area contributed by atoms with Crippen molar-refractivity contribution in [2.75, 3.05) is 0 Å². The van der Waals surface area contributed by atoms with Gasteiger partial charge in [0.1, 0.15) is 5.75 Å². The van der Waals surface area contributed by atoms with E-state index in [1.165, 1.54) is 12.1 Å². The number of fused-ring (bicyclic) bond motifs is 1. The molecule has 2 atom stereocenters. The summed E-state index contributed by atoms with van der Waals surface area (Å²) >= 11 is 0. The number of hydrogen-bond acceptors (Lipinski definition) is 4. The Morgan fingerprint density at radius 3 is 2.47 bits per heavy atom. The number of benzene rings is 4. The number of alkyl halides is 4. The lowest BCUT2D eigenvalue weighted by Crippen LogP contribution is -2.41. The maximum atomic E-state index is 13.7. The van der Waals surface area contributed by atoms with E-state index in [1.54, 1.807) is 36.4 Å². The average Bonchev–Trinajstić information content (AvgIpc) is 3.30. The van der Waals surface area contributed by atoms with E-state index in [0.29, 0.717) is 16.7 Å². The molecule has 5 rings (SSSR count). The van der Waals surface area contributed by atoms with Gasteiger partial charge >= 0.3 is 12.5 Å². The monoisotopic (exact) mass is 619 g/mol. The van der Waals surface area contributed by atoms with Gasteiger partial charge in [0, 0.05) is 5.56 Å². The zero-order valence-corrected chi connectivity index (χ0v) is 24.3. The molecule has 0 saturated carbocycles. The summed E-state index contributed by atoms with van der Waals surface area (Å²) < 4.78 is 57.0. The fourth-order valence-electron chi connectivity index (χ4n) is 5.55. The molecule has 234 valence electrons. The molecule has 3 N–H and O–H groups in total. The molecule has 4 aromatic carbocycles. The van der Waals surface area contributed by atoms with Crippen LogP contribution in [0.15, 0.2) is 97.1 Å². The number of allylic oxidation sites excluding steroid dienone is 1. The molecular formula is C36H33F4NO4. The summed E-state index contributed by atoms with van der Waals surface area (Å²) in [6.45, 7) is -0.140. The molecule has 0 aliphatic heterocycles. The van der Waals surface area contributed by atoms with E-state index in [1.807, 2.05) is 48.6 Å². The van der Waals surface area contributed by atoms with E-state index in [2.05, 4.69) is 10.1 Å². The van der Waals surface area contributed by atoms with Crippen LogP contribution in [0.25, 0.3) is 17.2 Å². The lowest BCUT2D eigenvalue weighted by molar-refractivity contribution is -0.253. The lowest BCUT2D eigenvalue weighted by atomic mass is 9.92. The highest BCUT2D eigenvalue weighted by atomic mass is 19.3. The van der Waals surface area contributed by atoms with Crippen molar-refractivity contribution in [3.8, 4) is 16.9 Å². The summed E-state index contributed by atoms with van der Waals surface area (Å²) in [4.78, 5) is 13.7. The highest BCUT2D eigenvalue weighted by Gasteiger charge is 2.44. The van der Waals surface area contributed by atoms with Crippen molar-refractivity contribution < 1.29 is 37.3 Å². The summed E-state index contributed by atoms with van der Waals surface area (Å²) in [7, 11) is 0. The molecule has 0 bridgehead atoms. The summed E-state index contributed by atoms with van der Waals surface area (Å²) in [6, 6.07) is 24.3. The van der Waals surface area contributed by atoms with E-state index >= 15 is 0 Å². The molecule has 0 heterocycles. The van der Waals surface area contributed by atoms with Gasteiger partial charge in [0.25, 0.3) is 5.91 Å². The fourth-order valence-corrected chi connectivity index (χ4v) is 5.55. The fraction of sp³-hybridized carbons (Fsp3) is 0.250. The minimum absolute atomic E-state index is 0.0235. The van der Waals surface area contributed by atoms with Gasteiger partial charge in [-0.25, -0.2) is 0 Å². The summed E-state index contributed by atoms with van der Waals surface area (Å²) in [5, 5.41) is 24.3. The molecule has 5 nitrogen and oxygen atoms in total. The Hall–Kier alpha value is -4.47. The summed E-state index contributed by atoms with van der Waals surface area (Å²) in [6.07, 6.45) is -3.35. The second kappa shape index (κ2) is 14.1. The number of ether oxygens (including phenoxy) is 1. The number of nitrogens with one attached hydrogen (secondary N) is 1. The molecule has 0 radical (unpaired) electrons. The van der Waals surface area contributed by atoms with Gasteiger partial charge in [-0.2, -0.15) is 17.6 Å². The first-order chi connectivity index (χ1) is 21.7. The standard InChI is InChI=1S/C36H33F4NO4/c37-35(38)36(39,40)45-28-12-6-8-23(20-28)21-32(41-34(44)31-15-7-11-24-9-2-1-3-14-30(24)31)33(43)26-18-16-25(17-19-26)29-13-5-4-10-27(29)22-42/h3-8,10-20,32-33,35,42-43H,1-2,9,21-22H2,(H,41,44). The van der Waals surface area contributed by atoms with E-state index in [-0.39, 0.29) is 13.0 Å². The van der Waals surface area contributed by atoms with Crippen molar-refractivity contribution in [1.82, 2.24) is 5.32 Å². The Bertz CT molecular complexity index is 1660. The van der Waals surface area contributed by atoms with Crippen LogP contribution in [-0.2, 0) is 19.4 Å². The van der Waals surface area contributed by atoms with Gasteiger partial charge < -0.3 is 20.3 Å².